The molecule has 0 radical (unpaired) electrons. The Balaban J connectivity index is 1.94. The number of nitrogens with one attached hydrogen (secondary N) is 1. The van der Waals surface area contributed by atoms with E-state index in [1.807, 2.05) is 24.3 Å². The number of benzene rings is 1. The van der Waals surface area contributed by atoms with Gasteiger partial charge in [0.05, 0.1) is 7.11 Å². The molecule has 0 aliphatic carbocycles. The Morgan fingerprint density at radius 3 is 2.68 bits per heavy atom. The van der Waals surface area contributed by atoms with Crippen molar-refractivity contribution in [1.29, 1.82) is 0 Å². The van der Waals surface area contributed by atoms with Crippen LogP contribution >= 0.6 is 0 Å². The minimum atomic E-state index is -0.675. The number of aliphatic hydroxyl groups excluding tert-OH is 1. The fourth-order valence-corrected chi connectivity index (χ4v) is 2.30. The van der Waals surface area contributed by atoms with E-state index in [1.165, 1.54) is 6.92 Å². The number of carbonyl (C=O) groups excluding carboxylic acids is 1. The van der Waals surface area contributed by atoms with Crippen molar-refractivity contribution in [2.45, 2.75) is 31.6 Å². The van der Waals surface area contributed by atoms with Crippen LogP contribution in [0.25, 0.3) is 0 Å². The summed E-state index contributed by atoms with van der Waals surface area (Å²) in [5, 5.41) is 13.3. The minimum Gasteiger partial charge on any atom is -0.497 e. The van der Waals surface area contributed by atoms with Crippen LogP contribution in [0, 0.1) is 0 Å². The highest BCUT2D eigenvalue weighted by molar-refractivity contribution is 5.66. The van der Waals surface area contributed by atoms with Crippen molar-refractivity contribution in [3.63, 3.8) is 0 Å². The minimum absolute atomic E-state index is 0.0993. The topological polar surface area (TPSA) is 67.8 Å². The number of aliphatic hydroxyl groups is 1. The van der Waals surface area contributed by atoms with Gasteiger partial charge in [0.15, 0.2) is 0 Å². The van der Waals surface area contributed by atoms with Crippen LogP contribution in [0.3, 0.4) is 0 Å². The quantitative estimate of drug-likeness (QED) is 0.776. The maximum absolute atomic E-state index is 10.9. The Hall–Kier alpha value is -1.59. The third kappa shape index (κ3) is 3.45. The summed E-state index contributed by atoms with van der Waals surface area (Å²) >= 11 is 0. The van der Waals surface area contributed by atoms with Gasteiger partial charge in [-0.15, -0.1) is 0 Å². The van der Waals surface area contributed by atoms with E-state index < -0.39 is 12.2 Å². The Morgan fingerprint density at radius 2 is 2.11 bits per heavy atom. The fraction of sp³-hybridized carbons (Fsp3) is 0.500. The SMILES string of the molecule is COc1ccc(C[C@H]2NC[C@@H](OC(C)=O)[C@@H]2O)cc1. The van der Waals surface area contributed by atoms with E-state index in [9.17, 15) is 9.90 Å². The lowest BCUT2D eigenvalue weighted by Crippen LogP contribution is -2.36. The summed E-state index contributed by atoms with van der Waals surface area (Å²) in [6, 6.07) is 7.61. The lowest BCUT2D eigenvalue weighted by Gasteiger charge is -2.18. The van der Waals surface area contributed by atoms with Crippen molar-refractivity contribution in [2.75, 3.05) is 13.7 Å². The average molecular weight is 265 g/mol. The van der Waals surface area contributed by atoms with Crippen LogP contribution in [0.5, 0.6) is 5.75 Å². The summed E-state index contributed by atoms with van der Waals surface area (Å²) in [5.41, 5.74) is 1.10. The first-order valence-corrected chi connectivity index (χ1v) is 6.31. The monoisotopic (exact) mass is 265 g/mol. The maximum Gasteiger partial charge on any atom is 0.303 e. The normalized spacial score (nSPS) is 26.2. The molecule has 5 nitrogen and oxygen atoms in total. The Labute approximate surface area is 112 Å². The van der Waals surface area contributed by atoms with Crippen LogP contribution < -0.4 is 10.1 Å². The molecule has 1 fully saturated rings. The van der Waals surface area contributed by atoms with Crippen molar-refractivity contribution in [2.24, 2.45) is 0 Å². The van der Waals surface area contributed by atoms with Crippen LogP contribution in [0.2, 0.25) is 0 Å². The fourth-order valence-electron chi connectivity index (χ4n) is 2.30. The Bertz CT molecular complexity index is 432. The molecule has 1 saturated heterocycles. The molecule has 104 valence electrons. The van der Waals surface area contributed by atoms with Gasteiger partial charge in [0.1, 0.15) is 18.0 Å². The second-order valence-electron chi connectivity index (χ2n) is 4.71. The summed E-state index contributed by atoms with van der Waals surface area (Å²) in [5.74, 6) is 0.442. The first-order valence-electron chi connectivity index (χ1n) is 6.31. The average Bonchev–Trinajstić information content (AvgIpc) is 2.72. The van der Waals surface area contributed by atoms with Gasteiger partial charge in [-0.3, -0.25) is 4.79 Å². The van der Waals surface area contributed by atoms with E-state index in [0.717, 1.165) is 11.3 Å². The number of hydrogen-bond acceptors (Lipinski definition) is 5. The highest BCUT2D eigenvalue weighted by Gasteiger charge is 2.36. The van der Waals surface area contributed by atoms with E-state index in [1.54, 1.807) is 7.11 Å². The van der Waals surface area contributed by atoms with Crippen LogP contribution in [0.1, 0.15) is 12.5 Å². The second-order valence-corrected chi connectivity index (χ2v) is 4.71. The molecule has 19 heavy (non-hydrogen) atoms. The Kier molecular flexibility index (Phi) is 4.39. The molecule has 2 rings (SSSR count). The zero-order chi connectivity index (χ0) is 13.8. The molecule has 5 heteroatoms. The van der Waals surface area contributed by atoms with Crippen LogP contribution in [-0.2, 0) is 16.0 Å². The van der Waals surface area contributed by atoms with Crippen LogP contribution in [-0.4, -0.2) is 43.0 Å². The number of hydrogen-bond donors (Lipinski definition) is 2. The predicted octanol–water partition coefficient (Wildman–Crippen LogP) is 0.502. The van der Waals surface area contributed by atoms with Gasteiger partial charge in [0, 0.05) is 19.5 Å². The van der Waals surface area contributed by atoms with Crippen LogP contribution in [0.4, 0.5) is 0 Å². The number of esters is 1. The van der Waals surface area contributed by atoms with Gasteiger partial charge in [0.25, 0.3) is 0 Å². The van der Waals surface area contributed by atoms with Crippen molar-refractivity contribution in [1.82, 2.24) is 5.32 Å². The molecule has 1 aliphatic heterocycles. The van der Waals surface area contributed by atoms with Gasteiger partial charge in [-0.25, -0.2) is 0 Å². The molecule has 3 atom stereocenters. The van der Waals surface area contributed by atoms with Crippen molar-refractivity contribution in [3.05, 3.63) is 29.8 Å². The molecule has 1 aromatic rings. The van der Waals surface area contributed by atoms with Crippen molar-refractivity contribution in [3.8, 4) is 5.75 Å². The molecule has 0 bridgehead atoms. The molecule has 0 saturated carbocycles. The van der Waals surface area contributed by atoms with Crippen LogP contribution in [0.15, 0.2) is 24.3 Å². The molecule has 2 N–H and O–H groups in total. The first-order chi connectivity index (χ1) is 9.10. The smallest absolute Gasteiger partial charge is 0.303 e. The number of methoxy groups -OCH3 is 1. The number of rotatable bonds is 4. The zero-order valence-corrected chi connectivity index (χ0v) is 11.1. The van der Waals surface area contributed by atoms with Gasteiger partial charge in [0.2, 0.25) is 0 Å². The second kappa shape index (κ2) is 6.04. The summed E-state index contributed by atoms with van der Waals surface area (Å²) in [6.07, 6.45) is -0.449. The van der Waals surface area contributed by atoms with Gasteiger partial charge in [-0.2, -0.15) is 0 Å². The van der Waals surface area contributed by atoms with Crippen molar-refractivity contribution < 1.29 is 19.4 Å². The van der Waals surface area contributed by atoms with E-state index in [-0.39, 0.29) is 12.0 Å². The van der Waals surface area contributed by atoms with Gasteiger partial charge in [-0.1, -0.05) is 12.1 Å². The van der Waals surface area contributed by atoms with Gasteiger partial charge in [-0.05, 0) is 24.1 Å². The maximum atomic E-state index is 10.9. The standard InChI is InChI=1S/C14H19NO4/c1-9(16)19-13-8-15-12(14(13)17)7-10-3-5-11(18-2)6-4-10/h3-6,12-15,17H,7-8H2,1-2H3/t12-,13-,14-/m1/s1. The molecule has 0 aromatic heterocycles. The largest absolute Gasteiger partial charge is 0.497 e. The molecular formula is C14H19NO4. The van der Waals surface area contributed by atoms with Gasteiger partial charge >= 0.3 is 5.97 Å². The van der Waals surface area contributed by atoms with Gasteiger partial charge < -0.3 is 19.9 Å². The Morgan fingerprint density at radius 1 is 1.42 bits per heavy atom. The highest BCUT2D eigenvalue weighted by atomic mass is 16.6. The summed E-state index contributed by atoms with van der Waals surface area (Å²) in [7, 11) is 1.63. The molecule has 0 unspecified atom stereocenters. The number of ether oxygens (including phenoxy) is 2. The summed E-state index contributed by atoms with van der Waals surface area (Å²) in [6.45, 7) is 1.84. The lowest BCUT2D eigenvalue weighted by molar-refractivity contribution is -0.149. The molecule has 1 aromatic carbocycles. The summed E-state index contributed by atoms with van der Waals surface area (Å²) < 4.78 is 10.2. The number of carbonyl (C=O) groups is 1. The summed E-state index contributed by atoms with van der Waals surface area (Å²) in [4.78, 5) is 10.9. The molecular weight excluding hydrogens is 246 g/mol. The lowest BCUT2D eigenvalue weighted by atomic mass is 10.0. The highest BCUT2D eigenvalue weighted by Crippen LogP contribution is 2.18. The van der Waals surface area contributed by atoms with E-state index >= 15 is 0 Å². The predicted molar refractivity (Wildman–Crippen MR) is 70.0 cm³/mol. The van der Waals surface area contributed by atoms with E-state index in [2.05, 4.69) is 5.32 Å². The van der Waals surface area contributed by atoms with Crippen molar-refractivity contribution >= 4 is 5.97 Å². The molecule has 1 heterocycles. The first kappa shape index (κ1) is 13.8. The third-order valence-corrected chi connectivity index (χ3v) is 3.31. The van der Waals surface area contributed by atoms with E-state index in [0.29, 0.717) is 13.0 Å². The molecule has 1 aliphatic rings. The zero-order valence-electron chi connectivity index (χ0n) is 11.1. The molecule has 0 amide bonds. The van der Waals surface area contributed by atoms with E-state index in [4.69, 9.17) is 9.47 Å². The third-order valence-electron chi connectivity index (χ3n) is 3.31. The molecule has 0 spiro atoms.